The van der Waals surface area contributed by atoms with Gasteiger partial charge in [0.2, 0.25) is 0 Å². The second-order valence-corrected chi connectivity index (χ2v) is 6.14. The second kappa shape index (κ2) is 6.88. The predicted octanol–water partition coefficient (Wildman–Crippen LogP) is 3.15. The number of hydrogen-bond donors (Lipinski definition) is 1. The van der Waals surface area contributed by atoms with E-state index in [1.54, 1.807) is 18.2 Å². The van der Waals surface area contributed by atoms with Gasteiger partial charge in [-0.2, -0.15) is 0 Å². The van der Waals surface area contributed by atoms with E-state index in [0.29, 0.717) is 17.1 Å². The summed E-state index contributed by atoms with van der Waals surface area (Å²) in [5.41, 5.74) is -0.656. The number of amides is 1. The molecule has 0 saturated heterocycles. The summed E-state index contributed by atoms with van der Waals surface area (Å²) in [6.45, 7) is 0. The lowest BCUT2D eigenvalue weighted by Gasteiger charge is -2.20. The highest BCUT2D eigenvalue weighted by Crippen LogP contribution is 2.30. The van der Waals surface area contributed by atoms with Gasteiger partial charge in [0.1, 0.15) is 22.9 Å². The summed E-state index contributed by atoms with van der Waals surface area (Å²) in [5.74, 6) is -3.24. The number of benzene rings is 2. The molecule has 0 fully saturated rings. The first-order valence-corrected chi connectivity index (χ1v) is 8.28. The summed E-state index contributed by atoms with van der Waals surface area (Å²) in [4.78, 5) is 26.4. The number of thiocarbonyl (C=S) groups is 1. The highest BCUT2D eigenvalue weighted by Gasteiger charge is 2.26. The summed E-state index contributed by atoms with van der Waals surface area (Å²) < 4.78 is 28.4. The number of halogens is 2. The zero-order valence-corrected chi connectivity index (χ0v) is 15.2. The second-order valence-electron chi connectivity index (χ2n) is 5.91. The van der Waals surface area contributed by atoms with Gasteiger partial charge in [-0.3, -0.25) is 9.59 Å². The van der Waals surface area contributed by atoms with Gasteiger partial charge in [0, 0.05) is 30.9 Å². The van der Waals surface area contributed by atoms with Crippen LogP contribution >= 0.6 is 12.2 Å². The topological polar surface area (TPSA) is 62.5 Å². The lowest BCUT2D eigenvalue weighted by atomic mass is 10.0. The van der Waals surface area contributed by atoms with Gasteiger partial charge in [-0.1, -0.05) is 24.4 Å². The highest BCUT2D eigenvalue weighted by atomic mass is 32.1. The van der Waals surface area contributed by atoms with Crippen LogP contribution in [-0.2, 0) is 7.05 Å². The molecule has 3 rings (SSSR count). The lowest BCUT2D eigenvalue weighted by Crippen LogP contribution is -2.34. The third-order valence-electron chi connectivity index (χ3n) is 4.34. The third-order valence-corrected chi connectivity index (χ3v) is 4.60. The Morgan fingerprint density at radius 2 is 1.96 bits per heavy atom. The Kier molecular flexibility index (Phi) is 4.75. The van der Waals surface area contributed by atoms with Crippen molar-refractivity contribution in [3.63, 3.8) is 0 Å². The Morgan fingerprint density at radius 3 is 2.59 bits per heavy atom. The molecule has 0 aliphatic heterocycles. The van der Waals surface area contributed by atoms with Crippen LogP contribution in [0.3, 0.4) is 0 Å². The standard InChI is InChI=1S/C19H14F2N2O3S/c1-22(13-7-6-11(20)8-12(13)21)18(25)16-17(24)15-10(9-27)4-3-5-14(15)23(2)19(16)26/h3-9,24H,1-2H3. The molecular formula is C19H14F2N2O3S. The zero-order chi connectivity index (χ0) is 19.9. The van der Waals surface area contributed by atoms with Crippen molar-refractivity contribution >= 4 is 40.1 Å². The van der Waals surface area contributed by atoms with Crippen molar-refractivity contribution in [1.29, 1.82) is 0 Å². The molecule has 1 amide bonds. The number of aryl methyl sites for hydroxylation is 1. The van der Waals surface area contributed by atoms with E-state index in [4.69, 9.17) is 12.2 Å². The number of rotatable bonds is 3. The summed E-state index contributed by atoms with van der Waals surface area (Å²) in [6.07, 6.45) is 0. The number of aromatic hydroxyl groups is 1. The fourth-order valence-electron chi connectivity index (χ4n) is 2.92. The largest absolute Gasteiger partial charge is 0.506 e. The molecule has 138 valence electrons. The number of pyridine rings is 1. The predicted molar refractivity (Wildman–Crippen MR) is 103 cm³/mol. The van der Waals surface area contributed by atoms with Crippen LogP contribution in [0, 0.1) is 11.6 Å². The molecule has 0 aliphatic rings. The van der Waals surface area contributed by atoms with E-state index in [1.807, 2.05) is 0 Å². The molecule has 0 radical (unpaired) electrons. The quantitative estimate of drug-likeness (QED) is 0.701. The van der Waals surface area contributed by atoms with Crippen LogP contribution in [0.4, 0.5) is 14.5 Å². The fraction of sp³-hybridized carbons (Fsp3) is 0.105. The monoisotopic (exact) mass is 388 g/mol. The first kappa shape index (κ1) is 18.7. The summed E-state index contributed by atoms with van der Waals surface area (Å²) in [6, 6.07) is 7.61. The first-order valence-electron chi connectivity index (χ1n) is 7.81. The molecule has 0 saturated carbocycles. The Labute approximate surface area is 158 Å². The van der Waals surface area contributed by atoms with Crippen molar-refractivity contribution in [2.75, 3.05) is 11.9 Å². The smallest absolute Gasteiger partial charge is 0.267 e. The van der Waals surface area contributed by atoms with Gasteiger partial charge in [0.15, 0.2) is 0 Å². The zero-order valence-electron chi connectivity index (χ0n) is 14.4. The fourth-order valence-corrected chi connectivity index (χ4v) is 3.12. The Morgan fingerprint density at radius 1 is 1.26 bits per heavy atom. The van der Waals surface area contributed by atoms with E-state index in [9.17, 15) is 23.5 Å². The van der Waals surface area contributed by atoms with Crippen LogP contribution in [0.15, 0.2) is 41.2 Å². The van der Waals surface area contributed by atoms with E-state index in [2.05, 4.69) is 0 Å². The Hall–Kier alpha value is -3.13. The van der Waals surface area contributed by atoms with Crippen LogP contribution in [0.1, 0.15) is 15.9 Å². The molecule has 0 spiro atoms. The van der Waals surface area contributed by atoms with Gasteiger partial charge in [0.05, 0.1) is 11.2 Å². The third kappa shape index (κ3) is 2.97. The molecule has 0 aliphatic carbocycles. The molecule has 1 N–H and O–H groups in total. The average Bonchev–Trinajstić information content (AvgIpc) is 2.65. The van der Waals surface area contributed by atoms with Crippen LogP contribution in [0.5, 0.6) is 5.75 Å². The molecule has 0 atom stereocenters. The van der Waals surface area contributed by atoms with Crippen molar-refractivity contribution in [3.05, 3.63) is 69.5 Å². The van der Waals surface area contributed by atoms with Crippen LogP contribution in [-0.4, -0.2) is 28.0 Å². The highest BCUT2D eigenvalue weighted by molar-refractivity contribution is 7.79. The van der Waals surface area contributed by atoms with Crippen LogP contribution < -0.4 is 10.5 Å². The number of carbonyl (C=O) groups excluding carboxylic acids is 1. The maximum absolute atomic E-state index is 14.0. The van der Waals surface area contributed by atoms with E-state index < -0.39 is 34.4 Å². The number of hydrogen-bond acceptors (Lipinski definition) is 4. The van der Waals surface area contributed by atoms with E-state index >= 15 is 0 Å². The normalized spacial score (nSPS) is 10.8. The number of fused-ring (bicyclic) bond motifs is 1. The van der Waals surface area contributed by atoms with Crippen LogP contribution in [0.25, 0.3) is 10.9 Å². The van der Waals surface area contributed by atoms with Gasteiger partial charge < -0.3 is 14.6 Å². The molecule has 1 aromatic heterocycles. The maximum atomic E-state index is 14.0. The summed E-state index contributed by atoms with van der Waals surface area (Å²) in [5, 5.41) is 12.2. The summed E-state index contributed by atoms with van der Waals surface area (Å²) >= 11 is 4.94. The number of nitrogens with zero attached hydrogens (tertiary/aromatic N) is 2. The van der Waals surface area contributed by atoms with Crippen molar-refractivity contribution in [1.82, 2.24) is 4.57 Å². The molecular weight excluding hydrogens is 374 g/mol. The van der Waals surface area contributed by atoms with Crippen LogP contribution in [0.2, 0.25) is 0 Å². The first-order chi connectivity index (χ1) is 12.8. The summed E-state index contributed by atoms with van der Waals surface area (Å²) in [7, 11) is 2.68. The maximum Gasteiger partial charge on any atom is 0.267 e. The van der Waals surface area contributed by atoms with E-state index in [0.717, 1.165) is 17.0 Å². The minimum atomic E-state index is -0.970. The van der Waals surface area contributed by atoms with E-state index in [-0.39, 0.29) is 11.1 Å². The van der Waals surface area contributed by atoms with Gasteiger partial charge >= 0.3 is 0 Å². The van der Waals surface area contributed by atoms with Gasteiger partial charge in [0.25, 0.3) is 11.5 Å². The molecule has 0 unspecified atom stereocenters. The molecule has 1 heterocycles. The molecule has 27 heavy (non-hydrogen) atoms. The van der Waals surface area contributed by atoms with Crippen molar-refractivity contribution in [3.8, 4) is 5.75 Å². The lowest BCUT2D eigenvalue weighted by molar-refractivity contribution is 0.0988. The van der Waals surface area contributed by atoms with Gasteiger partial charge in [-0.15, -0.1) is 0 Å². The average molecular weight is 388 g/mol. The minimum Gasteiger partial charge on any atom is -0.506 e. The Balaban J connectivity index is 2.26. The molecule has 8 heteroatoms. The molecule has 0 bridgehead atoms. The van der Waals surface area contributed by atoms with Crippen molar-refractivity contribution in [2.24, 2.45) is 7.05 Å². The van der Waals surface area contributed by atoms with Crippen molar-refractivity contribution in [2.45, 2.75) is 0 Å². The number of aromatic nitrogens is 1. The minimum absolute atomic E-state index is 0.230. The SMILES string of the molecule is CN(C(=O)c1c(O)c2c(C=S)cccc2n(C)c1=O)c1ccc(F)cc1F. The van der Waals surface area contributed by atoms with Gasteiger partial charge in [-0.05, 0) is 23.8 Å². The molecule has 3 aromatic rings. The Bertz CT molecular complexity index is 1160. The van der Waals surface area contributed by atoms with Crippen molar-refractivity contribution < 1.29 is 18.7 Å². The molecule has 5 nitrogen and oxygen atoms in total. The molecule has 2 aromatic carbocycles. The van der Waals surface area contributed by atoms with Gasteiger partial charge in [-0.25, -0.2) is 8.78 Å². The number of anilines is 1. The number of carbonyl (C=O) groups is 1. The van der Waals surface area contributed by atoms with E-state index in [1.165, 1.54) is 24.0 Å².